The molecule has 0 atom stereocenters. The van der Waals surface area contributed by atoms with Gasteiger partial charge in [-0.15, -0.1) is 0 Å². The summed E-state index contributed by atoms with van der Waals surface area (Å²) >= 11 is 0. The summed E-state index contributed by atoms with van der Waals surface area (Å²) < 4.78 is 11.3. The van der Waals surface area contributed by atoms with E-state index in [1.807, 2.05) is 0 Å². The lowest BCUT2D eigenvalue weighted by Crippen LogP contribution is -2.42. The Bertz CT molecular complexity index is 616. The van der Waals surface area contributed by atoms with Crippen molar-refractivity contribution in [1.82, 2.24) is 0 Å². The number of nitrogens with two attached hydrogens (primary N) is 1. The van der Waals surface area contributed by atoms with Gasteiger partial charge in [0.15, 0.2) is 0 Å². The molecule has 0 aliphatic carbocycles. The summed E-state index contributed by atoms with van der Waals surface area (Å²) in [6, 6.07) is 3.28. The third kappa shape index (κ3) is 3.31. The van der Waals surface area contributed by atoms with Gasteiger partial charge in [0.25, 0.3) is 5.69 Å². The summed E-state index contributed by atoms with van der Waals surface area (Å²) in [6.07, 6.45) is 1.86. The van der Waals surface area contributed by atoms with Crippen molar-refractivity contribution in [2.24, 2.45) is 5.41 Å². The van der Waals surface area contributed by atoms with Gasteiger partial charge < -0.3 is 25.2 Å². The van der Waals surface area contributed by atoms with E-state index in [1.54, 1.807) is 12.1 Å². The van der Waals surface area contributed by atoms with Crippen LogP contribution in [0.1, 0.15) is 18.4 Å². The fourth-order valence-corrected chi connectivity index (χ4v) is 3.55. The first-order valence-electron chi connectivity index (χ1n) is 8.13. The molecule has 3 N–H and O–H groups in total. The number of ether oxygens (including phenoxy) is 2. The normalized spacial score (nSPS) is 20.8. The number of aliphatic hydroxyl groups excluding tert-OH is 1. The van der Waals surface area contributed by atoms with Gasteiger partial charge in [-0.2, -0.15) is 0 Å². The van der Waals surface area contributed by atoms with E-state index in [0.717, 1.165) is 38.3 Å². The number of nitrogen functional groups attached to an aromatic ring is 1. The molecule has 2 fully saturated rings. The Morgan fingerprint density at radius 2 is 2.04 bits per heavy atom. The highest BCUT2D eigenvalue weighted by atomic mass is 16.6. The Kier molecular flexibility index (Phi) is 4.88. The molecule has 8 heteroatoms. The van der Waals surface area contributed by atoms with Crippen LogP contribution >= 0.6 is 0 Å². The predicted molar refractivity (Wildman–Crippen MR) is 88.9 cm³/mol. The Balaban J connectivity index is 1.92. The molecule has 0 aromatic heterocycles. The Labute approximate surface area is 140 Å². The molecule has 1 aromatic rings. The van der Waals surface area contributed by atoms with Crippen LogP contribution in [-0.2, 0) is 16.1 Å². The molecule has 3 rings (SSSR count). The lowest BCUT2D eigenvalue weighted by Gasteiger charge is -2.39. The average Bonchev–Trinajstić information content (AvgIpc) is 2.77. The number of nitrogens with zero attached hydrogens (tertiary/aromatic N) is 2. The van der Waals surface area contributed by atoms with E-state index in [0.29, 0.717) is 19.8 Å². The van der Waals surface area contributed by atoms with Gasteiger partial charge in [0, 0.05) is 37.4 Å². The van der Waals surface area contributed by atoms with Crippen LogP contribution in [0.4, 0.5) is 17.1 Å². The standard InChI is InChI=1S/C16H23N3O5/c17-14-8-13(7-12(9-20)15(14)19(21)22)18-3-6-24-11-16(10-18)1-4-23-5-2-16/h7-8,20H,1-6,9-11,17H2. The van der Waals surface area contributed by atoms with Crippen molar-refractivity contribution in [3.05, 3.63) is 27.8 Å². The van der Waals surface area contributed by atoms with Crippen molar-refractivity contribution in [2.75, 3.05) is 50.2 Å². The first-order valence-corrected chi connectivity index (χ1v) is 8.13. The smallest absolute Gasteiger partial charge is 0.297 e. The summed E-state index contributed by atoms with van der Waals surface area (Å²) in [5, 5.41) is 20.6. The van der Waals surface area contributed by atoms with Crippen LogP contribution in [0, 0.1) is 15.5 Å². The molecule has 0 unspecified atom stereocenters. The summed E-state index contributed by atoms with van der Waals surface area (Å²) in [4.78, 5) is 12.8. The van der Waals surface area contributed by atoms with Gasteiger partial charge in [0.1, 0.15) is 5.69 Å². The van der Waals surface area contributed by atoms with Gasteiger partial charge in [0.05, 0.1) is 30.3 Å². The predicted octanol–water partition coefficient (Wildman–Crippen LogP) is 1.30. The van der Waals surface area contributed by atoms with Crippen molar-refractivity contribution < 1.29 is 19.5 Å². The SMILES string of the molecule is Nc1cc(N2CCOCC3(CCOCC3)C2)cc(CO)c1[N+](=O)[O-]. The van der Waals surface area contributed by atoms with Crippen LogP contribution in [-0.4, -0.2) is 49.5 Å². The van der Waals surface area contributed by atoms with E-state index in [9.17, 15) is 15.2 Å². The highest BCUT2D eigenvalue weighted by molar-refractivity contribution is 5.70. The molecule has 1 aromatic carbocycles. The van der Waals surface area contributed by atoms with E-state index < -0.39 is 11.5 Å². The minimum Gasteiger partial charge on any atom is -0.393 e. The Hall–Kier alpha value is -1.90. The second-order valence-corrected chi connectivity index (χ2v) is 6.54. The molecule has 132 valence electrons. The second-order valence-electron chi connectivity index (χ2n) is 6.54. The maximum absolute atomic E-state index is 11.2. The molecule has 0 saturated carbocycles. The minimum atomic E-state index is -0.545. The molecule has 0 radical (unpaired) electrons. The number of hydrogen-bond donors (Lipinski definition) is 2. The summed E-state index contributed by atoms with van der Waals surface area (Å²) in [5.74, 6) is 0. The first kappa shape index (κ1) is 16.9. The molecule has 0 amide bonds. The summed E-state index contributed by atoms with van der Waals surface area (Å²) in [6.45, 7) is 3.79. The third-order valence-corrected chi connectivity index (χ3v) is 4.91. The summed E-state index contributed by atoms with van der Waals surface area (Å²) in [5.41, 5.74) is 6.81. The fraction of sp³-hybridized carbons (Fsp3) is 0.625. The highest BCUT2D eigenvalue weighted by Crippen LogP contribution is 2.37. The van der Waals surface area contributed by atoms with E-state index in [2.05, 4.69) is 4.90 Å². The van der Waals surface area contributed by atoms with Crippen LogP contribution in [0.3, 0.4) is 0 Å². The van der Waals surface area contributed by atoms with Gasteiger partial charge in [0.2, 0.25) is 0 Å². The molecule has 24 heavy (non-hydrogen) atoms. The zero-order valence-corrected chi connectivity index (χ0v) is 13.6. The largest absolute Gasteiger partial charge is 0.393 e. The van der Waals surface area contributed by atoms with Gasteiger partial charge in [-0.05, 0) is 25.0 Å². The van der Waals surface area contributed by atoms with Crippen molar-refractivity contribution >= 4 is 17.1 Å². The number of nitro groups is 1. The number of benzene rings is 1. The molecule has 8 nitrogen and oxygen atoms in total. The van der Waals surface area contributed by atoms with E-state index in [1.165, 1.54) is 0 Å². The molecular formula is C16H23N3O5. The van der Waals surface area contributed by atoms with Crippen molar-refractivity contribution in [2.45, 2.75) is 19.4 Å². The summed E-state index contributed by atoms with van der Waals surface area (Å²) in [7, 11) is 0. The molecule has 1 spiro atoms. The monoisotopic (exact) mass is 337 g/mol. The maximum Gasteiger partial charge on any atom is 0.297 e. The van der Waals surface area contributed by atoms with Gasteiger partial charge >= 0.3 is 0 Å². The average molecular weight is 337 g/mol. The van der Waals surface area contributed by atoms with Crippen LogP contribution in [0.5, 0.6) is 0 Å². The fourth-order valence-electron chi connectivity index (χ4n) is 3.55. The van der Waals surface area contributed by atoms with E-state index in [4.69, 9.17) is 15.2 Å². The molecule has 0 bridgehead atoms. The Morgan fingerprint density at radius 3 is 2.71 bits per heavy atom. The van der Waals surface area contributed by atoms with Crippen molar-refractivity contribution in [3.63, 3.8) is 0 Å². The van der Waals surface area contributed by atoms with Crippen LogP contribution < -0.4 is 10.6 Å². The van der Waals surface area contributed by atoms with Crippen LogP contribution in [0.2, 0.25) is 0 Å². The first-order chi connectivity index (χ1) is 11.5. The van der Waals surface area contributed by atoms with Crippen molar-refractivity contribution in [3.8, 4) is 0 Å². The zero-order chi connectivity index (χ0) is 17.2. The van der Waals surface area contributed by atoms with Gasteiger partial charge in [-0.3, -0.25) is 10.1 Å². The molecule has 2 saturated heterocycles. The lowest BCUT2D eigenvalue weighted by atomic mass is 9.80. The molecule has 2 heterocycles. The Morgan fingerprint density at radius 1 is 1.29 bits per heavy atom. The zero-order valence-electron chi connectivity index (χ0n) is 13.6. The van der Waals surface area contributed by atoms with Crippen LogP contribution in [0.15, 0.2) is 12.1 Å². The quantitative estimate of drug-likeness (QED) is 0.486. The lowest BCUT2D eigenvalue weighted by molar-refractivity contribution is -0.384. The molecule has 2 aliphatic rings. The second kappa shape index (κ2) is 6.92. The number of nitro benzene ring substituents is 1. The number of anilines is 2. The number of hydrogen-bond acceptors (Lipinski definition) is 7. The van der Waals surface area contributed by atoms with Gasteiger partial charge in [-0.25, -0.2) is 0 Å². The topological polar surface area (TPSA) is 111 Å². The molecular weight excluding hydrogens is 314 g/mol. The van der Waals surface area contributed by atoms with Gasteiger partial charge in [-0.1, -0.05) is 0 Å². The van der Waals surface area contributed by atoms with Crippen LogP contribution in [0.25, 0.3) is 0 Å². The van der Waals surface area contributed by atoms with Crippen molar-refractivity contribution in [1.29, 1.82) is 0 Å². The molecule has 2 aliphatic heterocycles. The van der Waals surface area contributed by atoms with E-state index in [-0.39, 0.29) is 22.4 Å². The highest BCUT2D eigenvalue weighted by Gasteiger charge is 2.37. The minimum absolute atomic E-state index is 0.0324. The van der Waals surface area contributed by atoms with E-state index >= 15 is 0 Å². The number of aliphatic hydroxyl groups is 1. The maximum atomic E-state index is 11.2. The third-order valence-electron chi connectivity index (χ3n) is 4.91. The number of rotatable bonds is 3.